The van der Waals surface area contributed by atoms with Crippen molar-refractivity contribution in [3.63, 3.8) is 0 Å². The highest BCUT2D eigenvalue weighted by Gasteiger charge is 2.26. The highest BCUT2D eigenvalue weighted by molar-refractivity contribution is 5.94. The Hall–Kier alpha value is -2.76. The molecule has 4 rings (SSSR count). The zero-order valence-electron chi connectivity index (χ0n) is 15.4. The van der Waals surface area contributed by atoms with Gasteiger partial charge in [-0.3, -0.25) is 0 Å². The number of imidazole rings is 1. The van der Waals surface area contributed by atoms with Crippen molar-refractivity contribution in [3.8, 4) is 22.5 Å². The summed E-state index contributed by atoms with van der Waals surface area (Å²) in [6, 6.07) is 6.15. The molecule has 1 aliphatic rings. The smallest absolute Gasteiger partial charge is 0.160 e. The molecule has 0 saturated heterocycles. The number of aromatic amines is 1. The minimum atomic E-state index is -0.896. The van der Waals surface area contributed by atoms with E-state index in [1.807, 2.05) is 12.1 Å². The average Bonchev–Trinajstić information content (AvgIpc) is 3.06. The molecule has 3 aromatic rings. The second-order valence-corrected chi connectivity index (χ2v) is 6.93. The molecule has 0 fully saturated rings. The maximum Gasteiger partial charge on any atom is 0.160 e. The van der Waals surface area contributed by atoms with E-state index in [1.165, 1.54) is 12.1 Å². The maximum atomic E-state index is 14.0. The van der Waals surface area contributed by atoms with Gasteiger partial charge in [-0.25, -0.2) is 18.7 Å². The Morgan fingerprint density at radius 1 is 1.11 bits per heavy atom. The lowest BCUT2D eigenvalue weighted by Gasteiger charge is -2.12. The normalized spacial score (nSPS) is 13.2. The third-order valence-corrected chi connectivity index (χ3v) is 5.15. The highest BCUT2D eigenvalue weighted by Crippen LogP contribution is 2.43. The number of rotatable bonds is 5. The van der Waals surface area contributed by atoms with E-state index in [1.54, 1.807) is 6.20 Å². The van der Waals surface area contributed by atoms with Gasteiger partial charge < -0.3 is 10.3 Å². The van der Waals surface area contributed by atoms with Crippen LogP contribution in [0.5, 0.6) is 0 Å². The van der Waals surface area contributed by atoms with Crippen LogP contribution in [-0.4, -0.2) is 15.0 Å². The molecular formula is C21H22F2N4. The van der Waals surface area contributed by atoms with Gasteiger partial charge in [-0.05, 0) is 31.0 Å². The van der Waals surface area contributed by atoms with Crippen LogP contribution in [0.1, 0.15) is 51.3 Å². The largest absolute Gasteiger partial charge is 0.341 e. The molecule has 1 atom stereocenters. The molecule has 6 heteroatoms. The van der Waals surface area contributed by atoms with Gasteiger partial charge >= 0.3 is 0 Å². The van der Waals surface area contributed by atoms with Crippen LogP contribution in [0.3, 0.4) is 0 Å². The zero-order chi connectivity index (χ0) is 19.0. The second-order valence-electron chi connectivity index (χ2n) is 6.93. The summed E-state index contributed by atoms with van der Waals surface area (Å²) in [4.78, 5) is 12.7. The number of halogens is 2. The summed E-state index contributed by atoms with van der Waals surface area (Å²) in [5.74, 6) is 0.0117. The number of fused-ring (bicyclic) bond motifs is 5. The van der Waals surface area contributed by atoms with E-state index in [9.17, 15) is 8.78 Å². The van der Waals surface area contributed by atoms with E-state index in [2.05, 4.69) is 29.1 Å². The number of unbranched alkanes of at least 4 members (excludes halogenated alkanes) is 1. The van der Waals surface area contributed by atoms with Gasteiger partial charge in [0.05, 0.1) is 17.1 Å². The van der Waals surface area contributed by atoms with Gasteiger partial charge in [0.2, 0.25) is 0 Å². The summed E-state index contributed by atoms with van der Waals surface area (Å²) in [5.41, 5.74) is 3.27. The first-order chi connectivity index (χ1) is 13.1. The van der Waals surface area contributed by atoms with Crippen molar-refractivity contribution < 1.29 is 8.78 Å². The average molecular weight is 368 g/mol. The highest BCUT2D eigenvalue weighted by atomic mass is 19.2. The number of hydrogen-bond acceptors (Lipinski definition) is 3. The molecule has 0 bridgehead atoms. The van der Waals surface area contributed by atoms with E-state index in [4.69, 9.17) is 4.98 Å². The fraction of sp³-hybridized carbons (Fsp3) is 0.333. The Bertz CT molecular complexity index is 980. The van der Waals surface area contributed by atoms with Crippen LogP contribution in [0.15, 0.2) is 30.5 Å². The van der Waals surface area contributed by atoms with E-state index >= 15 is 0 Å². The van der Waals surface area contributed by atoms with Crippen molar-refractivity contribution >= 4 is 11.5 Å². The Kier molecular flexibility index (Phi) is 4.64. The minimum absolute atomic E-state index is 0.304. The van der Waals surface area contributed by atoms with Gasteiger partial charge in [-0.15, -0.1) is 0 Å². The summed E-state index contributed by atoms with van der Waals surface area (Å²) < 4.78 is 27.9. The molecular weight excluding hydrogens is 346 g/mol. The van der Waals surface area contributed by atoms with E-state index < -0.39 is 11.6 Å². The minimum Gasteiger partial charge on any atom is -0.341 e. The molecule has 0 radical (unpaired) electrons. The predicted molar refractivity (Wildman–Crippen MR) is 103 cm³/mol. The van der Waals surface area contributed by atoms with Crippen LogP contribution in [0.4, 0.5) is 20.3 Å². The molecule has 2 aromatic heterocycles. The number of nitrogens with zero attached hydrogens (tertiary/aromatic N) is 2. The molecule has 0 saturated carbocycles. The third kappa shape index (κ3) is 3.09. The van der Waals surface area contributed by atoms with E-state index in [-0.39, 0.29) is 0 Å². The quantitative estimate of drug-likeness (QED) is 0.444. The molecule has 0 aliphatic carbocycles. The third-order valence-electron chi connectivity index (χ3n) is 5.15. The molecule has 27 heavy (non-hydrogen) atoms. The van der Waals surface area contributed by atoms with Crippen LogP contribution in [0.25, 0.3) is 22.5 Å². The first-order valence-electron chi connectivity index (χ1n) is 9.44. The van der Waals surface area contributed by atoms with Gasteiger partial charge in [0, 0.05) is 29.3 Å². The summed E-state index contributed by atoms with van der Waals surface area (Å²) in [6.45, 7) is 4.32. The summed E-state index contributed by atoms with van der Waals surface area (Å²) in [6.07, 6.45) is 5.93. The Morgan fingerprint density at radius 2 is 1.93 bits per heavy atom. The fourth-order valence-electron chi connectivity index (χ4n) is 3.64. The molecule has 4 nitrogen and oxygen atoms in total. The van der Waals surface area contributed by atoms with Crippen molar-refractivity contribution in [3.05, 3.63) is 47.9 Å². The van der Waals surface area contributed by atoms with Crippen molar-refractivity contribution in [1.29, 1.82) is 0 Å². The molecule has 1 aromatic carbocycles. The van der Waals surface area contributed by atoms with Gasteiger partial charge in [-0.2, -0.15) is 0 Å². The first-order valence-corrected chi connectivity index (χ1v) is 9.44. The molecule has 2 N–H and O–H groups in total. The summed E-state index contributed by atoms with van der Waals surface area (Å²) >= 11 is 0. The SMILES string of the molecule is CCCCC(CC)c1nc2c([nH]1)-c1cccnc1Nc1cc(F)c(F)cc1-2. The predicted octanol–water partition coefficient (Wildman–Crippen LogP) is 6.16. The van der Waals surface area contributed by atoms with Crippen LogP contribution < -0.4 is 5.32 Å². The monoisotopic (exact) mass is 368 g/mol. The number of anilines is 2. The van der Waals surface area contributed by atoms with Gasteiger partial charge in [0.1, 0.15) is 11.6 Å². The summed E-state index contributed by atoms with van der Waals surface area (Å²) in [7, 11) is 0. The lowest BCUT2D eigenvalue weighted by atomic mass is 9.99. The van der Waals surface area contributed by atoms with Crippen LogP contribution >= 0.6 is 0 Å². The van der Waals surface area contributed by atoms with Crippen LogP contribution in [-0.2, 0) is 0 Å². The standard InChI is InChI=1S/C21H22F2N4/c1-3-5-7-12(4-2)20-26-18-13-8-6-9-24-21(13)25-17-11-16(23)15(22)10-14(17)19(18)27-20/h6,8-12H,3-5,7H2,1-2H3,(H,24,25)(H,26,27). The number of aromatic nitrogens is 3. The topological polar surface area (TPSA) is 53.6 Å². The number of benzene rings is 1. The number of nitrogens with one attached hydrogen (secondary N) is 2. The Labute approximate surface area is 157 Å². The number of hydrogen-bond donors (Lipinski definition) is 2. The Morgan fingerprint density at radius 3 is 2.70 bits per heavy atom. The van der Waals surface area contributed by atoms with Crippen molar-refractivity contribution in [2.24, 2.45) is 0 Å². The second kappa shape index (κ2) is 7.10. The first kappa shape index (κ1) is 17.6. The van der Waals surface area contributed by atoms with Gasteiger partial charge in [-0.1, -0.05) is 26.7 Å². The van der Waals surface area contributed by atoms with Gasteiger partial charge in [0.15, 0.2) is 11.6 Å². The molecule has 1 unspecified atom stereocenters. The summed E-state index contributed by atoms with van der Waals surface area (Å²) in [5, 5.41) is 3.12. The molecule has 0 spiro atoms. The molecule has 0 amide bonds. The zero-order valence-corrected chi connectivity index (χ0v) is 15.4. The lowest BCUT2D eigenvalue weighted by Crippen LogP contribution is -2.01. The van der Waals surface area contributed by atoms with E-state index in [0.717, 1.165) is 42.8 Å². The van der Waals surface area contributed by atoms with Crippen molar-refractivity contribution in [1.82, 2.24) is 15.0 Å². The van der Waals surface area contributed by atoms with E-state index in [0.29, 0.717) is 28.7 Å². The number of H-pyrrole nitrogens is 1. The number of pyridine rings is 1. The lowest BCUT2D eigenvalue weighted by molar-refractivity contribution is 0.509. The van der Waals surface area contributed by atoms with Gasteiger partial charge in [0.25, 0.3) is 0 Å². The molecule has 3 heterocycles. The maximum absolute atomic E-state index is 14.0. The Balaban J connectivity index is 1.92. The van der Waals surface area contributed by atoms with Crippen molar-refractivity contribution in [2.75, 3.05) is 5.32 Å². The fourth-order valence-corrected chi connectivity index (χ4v) is 3.64. The van der Waals surface area contributed by atoms with Crippen LogP contribution in [0.2, 0.25) is 0 Å². The van der Waals surface area contributed by atoms with Crippen molar-refractivity contribution in [2.45, 2.75) is 45.4 Å². The molecule has 1 aliphatic heterocycles. The molecule has 140 valence electrons. The van der Waals surface area contributed by atoms with Crippen LogP contribution in [0, 0.1) is 11.6 Å².